The number of rotatable bonds is 1. The molecule has 1 unspecified atom stereocenters. The van der Waals surface area contributed by atoms with Gasteiger partial charge in [0.1, 0.15) is 18.4 Å². The van der Waals surface area contributed by atoms with Crippen molar-refractivity contribution in [2.24, 2.45) is 10.7 Å². The number of fused-ring (bicyclic) bond motifs is 2. The van der Waals surface area contributed by atoms with Crippen LogP contribution in [0.1, 0.15) is 17.2 Å². The Bertz CT molecular complexity index is 796. The van der Waals surface area contributed by atoms with Crippen LogP contribution in [0.15, 0.2) is 59.1 Å². The van der Waals surface area contributed by atoms with Crippen molar-refractivity contribution >= 4 is 23.3 Å². The van der Waals surface area contributed by atoms with Crippen molar-refractivity contribution < 1.29 is 4.74 Å². The highest BCUT2D eigenvalue weighted by Crippen LogP contribution is 2.39. The van der Waals surface area contributed by atoms with E-state index in [4.69, 9.17) is 22.1 Å². The second kappa shape index (κ2) is 5.07. The molecule has 0 saturated heterocycles. The van der Waals surface area contributed by atoms with Crippen LogP contribution in [0, 0.1) is 0 Å². The van der Waals surface area contributed by atoms with Crippen LogP contribution >= 0.6 is 11.6 Å². The van der Waals surface area contributed by atoms with Gasteiger partial charge >= 0.3 is 0 Å². The van der Waals surface area contributed by atoms with Gasteiger partial charge < -0.3 is 15.8 Å². The van der Waals surface area contributed by atoms with Crippen LogP contribution < -0.4 is 15.8 Å². The van der Waals surface area contributed by atoms with Gasteiger partial charge in [-0.15, -0.1) is 0 Å². The fourth-order valence-corrected chi connectivity index (χ4v) is 2.99. The predicted molar refractivity (Wildman–Crippen MR) is 87.8 cm³/mol. The third-order valence-electron chi connectivity index (χ3n) is 3.90. The number of halogens is 1. The lowest BCUT2D eigenvalue weighted by Gasteiger charge is -2.31. The summed E-state index contributed by atoms with van der Waals surface area (Å²) in [6, 6.07) is 15.4. The fourth-order valence-electron chi connectivity index (χ4n) is 2.86. The zero-order valence-corrected chi connectivity index (χ0v) is 12.5. The van der Waals surface area contributed by atoms with Gasteiger partial charge in [-0.05, 0) is 29.8 Å². The SMILES string of the molecule is NC1=NC(c2ccc(Cl)cc2)C2=C(N1)c1ccccc1OC2. The molecule has 2 aliphatic heterocycles. The molecule has 22 heavy (non-hydrogen) atoms. The van der Waals surface area contributed by atoms with Gasteiger partial charge in [0.25, 0.3) is 0 Å². The maximum absolute atomic E-state index is 5.99. The number of nitrogens with zero attached hydrogens (tertiary/aromatic N) is 1. The van der Waals surface area contributed by atoms with Crippen molar-refractivity contribution in [3.8, 4) is 5.75 Å². The molecule has 110 valence electrons. The summed E-state index contributed by atoms with van der Waals surface area (Å²) in [6.07, 6.45) is 0. The summed E-state index contributed by atoms with van der Waals surface area (Å²) in [5.74, 6) is 1.27. The highest BCUT2D eigenvalue weighted by molar-refractivity contribution is 6.30. The van der Waals surface area contributed by atoms with Crippen molar-refractivity contribution in [2.75, 3.05) is 6.61 Å². The van der Waals surface area contributed by atoms with Crippen LogP contribution in [0.5, 0.6) is 5.75 Å². The molecule has 4 rings (SSSR count). The van der Waals surface area contributed by atoms with Crippen LogP contribution in [-0.2, 0) is 0 Å². The molecule has 0 amide bonds. The quantitative estimate of drug-likeness (QED) is 0.851. The molecule has 0 aromatic heterocycles. The largest absolute Gasteiger partial charge is 0.488 e. The predicted octanol–water partition coefficient (Wildman–Crippen LogP) is 3.10. The van der Waals surface area contributed by atoms with E-state index in [1.165, 1.54) is 0 Å². The van der Waals surface area contributed by atoms with Crippen LogP contribution in [0.2, 0.25) is 5.02 Å². The zero-order valence-electron chi connectivity index (χ0n) is 11.7. The van der Waals surface area contributed by atoms with E-state index >= 15 is 0 Å². The number of nitrogens with one attached hydrogen (secondary N) is 1. The second-order valence-electron chi connectivity index (χ2n) is 5.28. The third-order valence-corrected chi connectivity index (χ3v) is 4.15. The number of hydrogen-bond acceptors (Lipinski definition) is 4. The molecule has 0 fully saturated rings. The van der Waals surface area contributed by atoms with Gasteiger partial charge in [-0.2, -0.15) is 0 Å². The van der Waals surface area contributed by atoms with Gasteiger partial charge in [0.15, 0.2) is 5.96 Å². The molecule has 1 atom stereocenters. The second-order valence-corrected chi connectivity index (χ2v) is 5.71. The van der Waals surface area contributed by atoms with E-state index in [2.05, 4.69) is 10.3 Å². The Morgan fingerprint density at radius 3 is 2.73 bits per heavy atom. The fraction of sp³-hybridized carbons (Fsp3) is 0.118. The van der Waals surface area contributed by atoms with Gasteiger partial charge in [0, 0.05) is 16.2 Å². The minimum Gasteiger partial charge on any atom is -0.488 e. The van der Waals surface area contributed by atoms with Gasteiger partial charge in [0.05, 0.1) is 5.70 Å². The first kappa shape index (κ1) is 13.2. The first-order valence-electron chi connectivity index (χ1n) is 7.03. The highest BCUT2D eigenvalue weighted by atomic mass is 35.5. The molecule has 0 saturated carbocycles. The van der Waals surface area contributed by atoms with Crippen LogP contribution in [-0.4, -0.2) is 12.6 Å². The Morgan fingerprint density at radius 1 is 1.14 bits per heavy atom. The molecular weight excluding hydrogens is 298 g/mol. The molecule has 0 aliphatic carbocycles. The number of ether oxygens (including phenoxy) is 1. The number of hydrogen-bond donors (Lipinski definition) is 2. The number of guanidine groups is 1. The highest BCUT2D eigenvalue weighted by Gasteiger charge is 2.30. The molecule has 0 bridgehead atoms. The van der Waals surface area contributed by atoms with Gasteiger partial charge in [-0.25, -0.2) is 4.99 Å². The Kier molecular flexibility index (Phi) is 3.05. The Balaban J connectivity index is 1.84. The van der Waals surface area contributed by atoms with Crippen LogP contribution in [0.25, 0.3) is 5.70 Å². The number of para-hydroxylation sites is 1. The van der Waals surface area contributed by atoms with Crippen molar-refractivity contribution in [2.45, 2.75) is 6.04 Å². The first-order valence-corrected chi connectivity index (χ1v) is 7.41. The van der Waals surface area contributed by atoms with E-state index in [-0.39, 0.29) is 6.04 Å². The Morgan fingerprint density at radius 2 is 1.91 bits per heavy atom. The van der Waals surface area contributed by atoms with E-state index in [0.717, 1.165) is 28.1 Å². The number of benzene rings is 2. The van der Waals surface area contributed by atoms with Crippen molar-refractivity contribution in [1.82, 2.24) is 5.32 Å². The lowest BCUT2D eigenvalue weighted by atomic mass is 9.92. The Labute approximate surface area is 133 Å². The molecule has 0 spiro atoms. The molecule has 4 nitrogen and oxygen atoms in total. The first-order chi connectivity index (χ1) is 10.7. The lowest BCUT2D eigenvalue weighted by molar-refractivity contribution is 0.335. The van der Waals surface area contributed by atoms with Crippen molar-refractivity contribution in [3.05, 3.63) is 70.3 Å². The minimum absolute atomic E-state index is 0.151. The average Bonchev–Trinajstić information content (AvgIpc) is 2.55. The van der Waals surface area contributed by atoms with Gasteiger partial charge in [-0.1, -0.05) is 35.9 Å². The minimum atomic E-state index is -0.151. The average molecular weight is 312 g/mol. The molecular formula is C17H14ClN3O. The van der Waals surface area contributed by atoms with Gasteiger partial charge in [0.2, 0.25) is 0 Å². The summed E-state index contributed by atoms with van der Waals surface area (Å²) in [5.41, 5.74) is 10.1. The molecule has 5 heteroatoms. The maximum atomic E-state index is 5.99. The van der Waals surface area contributed by atoms with E-state index in [1.54, 1.807) is 0 Å². The number of nitrogens with two attached hydrogens (primary N) is 1. The summed E-state index contributed by atoms with van der Waals surface area (Å²) in [7, 11) is 0. The topological polar surface area (TPSA) is 59.6 Å². The Hall–Kier alpha value is -2.46. The monoisotopic (exact) mass is 311 g/mol. The van der Waals surface area contributed by atoms with E-state index in [0.29, 0.717) is 17.6 Å². The summed E-state index contributed by atoms with van der Waals surface area (Å²) in [4.78, 5) is 4.54. The number of aliphatic imine (C=N–C) groups is 1. The van der Waals surface area contributed by atoms with Crippen LogP contribution in [0.4, 0.5) is 0 Å². The maximum Gasteiger partial charge on any atom is 0.194 e. The smallest absolute Gasteiger partial charge is 0.194 e. The molecule has 3 N–H and O–H groups in total. The molecule has 2 aliphatic rings. The van der Waals surface area contributed by atoms with E-state index < -0.39 is 0 Å². The van der Waals surface area contributed by atoms with Crippen molar-refractivity contribution in [1.29, 1.82) is 0 Å². The van der Waals surface area contributed by atoms with E-state index in [9.17, 15) is 0 Å². The normalized spacial score (nSPS) is 19.5. The molecule has 0 radical (unpaired) electrons. The molecule has 2 aromatic carbocycles. The molecule has 2 heterocycles. The van der Waals surface area contributed by atoms with Crippen LogP contribution in [0.3, 0.4) is 0 Å². The standard InChI is InChI=1S/C17H14ClN3O/c18-11-7-5-10(6-8-11)15-13-9-22-14-4-2-1-3-12(14)16(13)21-17(19)20-15/h1-8,15H,9H2,(H3,19,20,21). The third kappa shape index (κ3) is 2.12. The zero-order chi connectivity index (χ0) is 15.1. The summed E-state index contributed by atoms with van der Waals surface area (Å²) in [6.45, 7) is 0.490. The van der Waals surface area contributed by atoms with Gasteiger partial charge in [-0.3, -0.25) is 0 Å². The summed E-state index contributed by atoms with van der Waals surface area (Å²) >= 11 is 5.97. The lowest BCUT2D eigenvalue weighted by Crippen LogP contribution is -2.38. The summed E-state index contributed by atoms with van der Waals surface area (Å²) in [5, 5.41) is 3.89. The van der Waals surface area contributed by atoms with Crippen molar-refractivity contribution in [3.63, 3.8) is 0 Å². The summed E-state index contributed by atoms with van der Waals surface area (Å²) < 4.78 is 5.87. The van der Waals surface area contributed by atoms with E-state index in [1.807, 2.05) is 48.5 Å². The molecule has 2 aromatic rings.